The van der Waals surface area contributed by atoms with Gasteiger partial charge in [-0.2, -0.15) is 0 Å². The van der Waals surface area contributed by atoms with Crippen LogP contribution in [0.3, 0.4) is 0 Å². The number of carbonyl (C=O) groups is 1. The SMILES string of the molecule is COc1ccc(OC)c(S(=O)(=O)Nc2ccc(NC(=O)NCc3ccc(F)cc3)cc2)c1. The number of hydrogen-bond donors (Lipinski definition) is 3. The van der Waals surface area contributed by atoms with E-state index in [4.69, 9.17) is 9.47 Å². The van der Waals surface area contributed by atoms with E-state index in [1.54, 1.807) is 30.3 Å². The van der Waals surface area contributed by atoms with Crippen LogP contribution < -0.4 is 24.8 Å². The molecule has 0 unspecified atom stereocenters. The van der Waals surface area contributed by atoms with E-state index in [9.17, 15) is 17.6 Å². The summed E-state index contributed by atoms with van der Waals surface area (Å²) >= 11 is 0. The maximum Gasteiger partial charge on any atom is 0.319 e. The van der Waals surface area contributed by atoms with Crippen molar-refractivity contribution in [2.75, 3.05) is 24.3 Å². The van der Waals surface area contributed by atoms with Crippen molar-refractivity contribution in [1.82, 2.24) is 5.32 Å². The highest BCUT2D eigenvalue weighted by atomic mass is 32.2. The normalized spacial score (nSPS) is 10.8. The first-order valence-corrected chi connectivity index (χ1v) is 10.9. The molecule has 3 aromatic rings. The van der Waals surface area contributed by atoms with Crippen LogP contribution in [0.4, 0.5) is 20.6 Å². The van der Waals surface area contributed by atoms with Crippen molar-refractivity contribution in [3.8, 4) is 11.5 Å². The highest BCUT2D eigenvalue weighted by molar-refractivity contribution is 7.92. The van der Waals surface area contributed by atoms with Crippen LogP contribution in [0.1, 0.15) is 5.56 Å². The smallest absolute Gasteiger partial charge is 0.319 e. The highest BCUT2D eigenvalue weighted by Gasteiger charge is 2.21. The zero-order valence-corrected chi connectivity index (χ0v) is 18.2. The zero-order chi connectivity index (χ0) is 23.1. The molecular weight excluding hydrogens is 437 g/mol. The average molecular weight is 459 g/mol. The number of anilines is 2. The predicted molar refractivity (Wildman–Crippen MR) is 119 cm³/mol. The lowest BCUT2D eigenvalue weighted by atomic mass is 10.2. The molecule has 0 aromatic heterocycles. The molecular formula is C22H22FN3O5S. The topological polar surface area (TPSA) is 106 Å². The van der Waals surface area contributed by atoms with Crippen LogP contribution in [0.15, 0.2) is 71.6 Å². The number of methoxy groups -OCH3 is 2. The molecule has 3 aromatic carbocycles. The van der Waals surface area contributed by atoms with Gasteiger partial charge in [0.1, 0.15) is 22.2 Å². The number of hydrogen-bond acceptors (Lipinski definition) is 5. The highest BCUT2D eigenvalue weighted by Crippen LogP contribution is 2.30. The Balaban J connectivity index is 1.63. The first-order valence-electron chi connectivity index (χ1n) is 9.45. The number of benzene rings is 3. The summed E-state index contributed by atoms with van der Waals surface area (Å²) in [5.41, 5.74) is 1.51. The van der Waals surface area contributed by atoms with Crippen molar-refractivity contribution in [2.24, 2.45) is 0 Å². The van der Waals surface area contributed by atoms with Crippen LogP contribution in [0.5, 0.6) is 11.5 Å². The number of urea groups is 1. The van der Waals surface area contributed by atoms with Gasteiger partial charge in [-0.15, -0.1) is 0 Å². The maximum atomic E-state index is 12.9. The summed E-state index contributed by atoms with van der Waals surface area (Å²) in [6, 6.07) is 15.9. The molecule has 0 spiro atoms. The predicted octanol–water partition coefficient (Wildman–Crippen LogP) is 3.97. The average Bonchev–Trinajstić information content (AvgIpc) is 2.79. The van der Waals surface area contributed by atoms with Gasteiger partial charge in [0.25, 0.3) is 10.0 Å². The minimum Gasteiger partial charge on any atom is -0.497 e. The largest absolute Gasteiger partial charge is 0.497 e. The molecule has 0 aliphatic heterocycles. The molecule has 2 amide bonds. The fourth-order valence-corrected chi connectivity index (χ4v) is 4.03. The number of sulfonamides is 1. The van der Waals surface area contributed by atoms with Crippen LogP contribution in [0.25, 0.3) is 0 Å². The van der Waals surface area contributed by atoms with Gasteiger partial charge in [0.2, 0.25) is 0 Å². The summed E-state index contributed by atoms with van der Waals surface area (Å²) < 4.78 is 51.2. The molecule has 0 saturated carbocycles. The quantitative estimate of drug-likeness (QED) is 0.473. The molecule has 0 radical (unpaired) electrons. The van der Waals surface area contributed by atoms with Gasteiger partial charge in [-0.1, -0.05) is 12.1 Å². The number of ether oxygens (including phenoxy) is 2. The minimum absolute atomic E-state index is 0.0678. The lowest BCUT2D eigenvalue weighted by Crippen LogP contribution is -2.28. The second kappa shape index (κ2) is 10.0. The van der Waals surface area contributed by atoms with Gasteiger partial charge in [-0.25, -0.2) is 17.6 Å². The Labute approximate surface area is 185 Å². The van der Waals surface area contributed by atoms with E-state index in [0.29, 0.717) is 17.1 Å². The summed E-state index contributed by atoms with van der Waals surface area (Å²) in [6.45, 7) is 0.229. The van der Waals surface area contributed by atoms with E-state index in [-0.39, 0.29) is 23.0 Å². The summed E-state index contributed by atoms with van der Waals surface area (Å²) in [5, 5.41) is 5.30. The van der Waals surface area contributed by atoms with Crippen molar-refractivity contribution >= 4 is 27.4 Å². The van der Waals surface area contributed by atoms with Gasteiger partial charge in [0, 0.05) is 24.0 Å². The maximum absolute atomic E-state index is 12.9. The van der Waals surface area contributed by atoms with Gasteiger partial charge < -0.3 is 20.1 Å². The summed E-state index contributed by atoms with van der Waals surface area (Å²) in [7, 11) is -1.13. The molecule has 168 valence electrons. The summed E-state index contributed by atoms with van der Waals surface area (Å²) in [4.78, 5) is 12.0. The van der Waals surface area contributed by atoms with Gasteiger partial charge in [-0.05, 0) is 54.1 Å². The zero-order valence-electron chi connectivity index (χ0n) is 17.4. The van der Waals surface area contributed by atoms with Crippen molar-refractivity contribution in [3.63, 3.8) is 0 Å². The standard InChI is InChI=1S/C22H22FN3O5S/c1-30-19-11-12-20(31-2)21(13-19)32(28,29)26-18-9-7-17(8-10-18)25-22(27)24-14-15-3-5-16(23)6-4-15/h3-13,26H,14H2,1-2H3,(H2,24,25,27). The van der Waals surface area contributed by atoms with E-state index in [0.717, 1.165) is 5.56 Å². The Bertz CT molecular complexity index is 1180. The number of rotatable bonds is 8. The molecule has 0 bridgehead atoms. The van der Waals surface area contributed by atoms with E-state index in [1.807, 2.05) is 0 Å². The molecule has 8 nitrogen and oxygen atoms in total. The van der Waals surface area contributed by atoms with E-state index in [1.165, 1.54) is 50.6 Å². The van der Waals surface area contributed by atoms with Gasteiger partial charge in [-0.3, -0.25) is 4.72 Å². The van der Waals surface area contributed by atoms with Crippen LogP contribution in [0, 0.1) is 5.82 Å². The van der Waals surface area contributed by atoms with Gasteiger partial charge >= 0.3 is 6.03 Å². The molecule has 10 heteroatoms. The number of carbonyl (C=O) groups excluding carboxylic acids is 1. The van der Waals surface area contributed by atoms with Crippen LogP contribution in [-0.2, 0) is 16.6 Å². The first-order chi connectivity index (χ1) is 15.3. The van der Waals surface area contributed by atoms with Crippen molar-refractivity contribution in [3.05, 3.63) is 78.1 Å². The minimum atomic E-state index is -3.95. The summed E-state index contributed by atoms with van der Waals surface area (Å²) in [5.74, 6) is 0.200. The lowest BCUT2D eigenvalue weighted by Gasteiger charge is -2.13. The molecule has 3 N–H and O–H groups in total. The molecule has 0 aliphatic carbocycles. The molecule has 3 rings (SSSR count). The van der Waals surface area contributed by atoms with Crippen LogP contribution in [-0.4, -0.2) is 28.7 Å². The Hall–Kier alpha value is -3.79. The Morgan fingerprint density at radius 2 is 1.56 bits per heavy atom. The van der Waals surface area contributed by atoms with Crippen LogP contribution >= 0.6 is 0 Å². The van der Waals surface area contributed by atoms with E-state index >= 15 is 0 Å². The lowest BCUT2D eigenvalue weighted by molar-refractivity contribution is 0.251. The van der Waals surface area contributed by atoms with E-state index in [2.05, 4.69) is 15.4 Å². The Morgan fingerprint density at radius 3 is 2.19 bits per heavy atom. The number of amides is 2. The second-order valence-electron chi connectivity index (χ2n) is 6.63. The first kappa shape index (κ1) is 22.9. The fraction of sp³-hybridized carbons (Fsp3) is 0.136. The molecule has 0 fully saturated rings. The Morgan fingerprint density at radius 1 is 0.906 bits per heavy atom. The van der Waals surface area contributed by atoms with Crippen molar-refractivity contribution in [1.29, 1.82) is 0 Å². The van der Waals surface area contributed by atoms with Crippen LogP contribution in [0.2, 0.25) is 0 Å². The fourth-order valence-electron chi connectivity index (χ4n) is 2.79. The molecule has 0 aliphatic rings. The van der Waals surface area contributed by atoms with Crippen molar-refractivity contribution in [2.45, 2.75) is 11.4 Å². The van der Waals surface area contributed by atoms with Crippen molar-refractivity contribution < 1.29 is 27.1 Å². The molecule has 32 heavy (non-hydrogen) atoms. The van der Waals surface area contributed by atoms with E-state index < -0.39 is 16.1 Å². The number of halogens is 1. The second-order valence-corrected chi connectivity index (χ2v) is 8.28. The molecule has 0 atom stereocenters. The monoisotopic (exact) mass is 459 g/mol. The summed E-state index contributed by atoms with van der Waals surface area (Å²) in [6.07, 6.45) is 0. The number of nitrogens with one attached hydrogen (secondary N) is 3. The third kappa shape index (κ3) is 5.88. The third-order valence-corrected chi connectivity index (χ3v) is 5.82. The Kier molecular flexibility index (Phi) is 7.16. The third-order valence-electron chi connectivity index (χ3n) is 4.42. The molecule has 0 saturated heterocycles. The van der Waals surface area contributed by atoms with Gasteiger partial charge in [0.15, 0.2) is 0 Å². The molecule has 0 heterocycles. The van der Waals surface area contributed by atoms with Gasteiger partial charge in [0.05, 0.1) is 14.2 Å².